The van der Waals surface area contributed by atoms with Crippen LogP contribution in [0.3, 0.4) is 0 Å². The number of methoxy groups -OCH3 is 2. The Kier molecular flexibility index (Phi) is 6.71. The Bertz CT molecular complexity index is 354. The Hall–Kier alpha value is -1.22. The molecule has 2 atom stereocenters. The van der Waals surface area contributed by atoms with Crippen LogP contribution in [0.15, 0.2) is 18.2 Å². The quantitative estimate of drug-likeness (QED) is 0.774. The van der Waals surface area contributed by atoms with E-state index in [1.54, 1.807) is 14.2 Å². The second kappa shape index (κ2) is 8.05. The maximum Gasteiger partial charge on any atom is 0.122 e. The molecule has 3 nitrogen and oxygen atoms in total. The molecule has 0 saturated heterocycles. The van der Waals surface area contributed by atoms with Gasteiger partial charge in [0.2, 0.25) is 0 Å². The largest absolute Gasteiger partial charge is 0.497 e. The average molecular weight is 266 g/mol. The molecule has 0 spiro atoms. The lowest BCUT2D eigenvalue weighted by molar-refractivity contribution is 0.0984. The van der Waals surface area contributed by atoms with E-state index in [0.717, 1.165) is 42.7 Å². The smallest absolute Gasteiger partial charge is 0.122 e. The molecule has 2 unspecified atom stereocenters. The number of benzene rings is 1. The highest BCUT2D eigenvalue weighted by molar-refractivity contribution is 5.39. The normalized spacial score (nSPS) is 13.9. The summed E-state index contributed by atoms with van der Waals surface area (Å²) in [5.41, 5.74) is 0.874. The van der Waals surface area contributed by atoms with Crippen molar-refractivity contribution in [3.05, 3.63) is 23.8 Å². The predicted octanol–water partition coefficient (Wildman–Crippen LogP) is 3.95. The minimum atomic E-state index is -0.458. The van der Waals surface area contributed by atoms with Crippen LogP contribution in [0.5, 0.6) is 11.5 Å². The van der Waals surface area contributed by atoms with E-state index < -0.39 is 6.10 Å². The van der Waals surface area contributed by atoms with Crippen molar-refractivity contribution in [3.63, 3.8) is 0 Å². The van der Waals surface area contributed by atoms with E-state index in [1.807, 2.05) is 18.2 Å². The molecule has 0 aliphatic carbocycles. The molecule has 0 aliphatic rings. The van der Waals surface area contributed by atoms with Gasteiger partial charge in [-0.3, -0.25) is 0 Å². The highest BCUT2D eigenvalue weighted by atomic mass is 16.5. The van der Waals surface area contributed by atoms with Gasteiger partial charge < -0.3 is 14.6 Å². The first-order valence-electron chi connectivity index (χ1n) is 7.07. The molecule has 0 radical (unpaired) electrons. The van der Waals surface area contributed by atoms with Crippen LogP contribution >= 0.6 is 0 Å². The van der Waals surface area contributed by atoms with E-state index in [9.17, 15) is 5.11 Å². The van der Waals surface area contributed by atoms with Gasteiger partial charge in [0.15, 0.2) is 0 Å². The number of rotatable bonds is 8. The Labute approximate surface area is 116 Å². The van der Waals surface area contributed by atoms with Crippen molar-refractivity contribution < 1.29 is 14.6 Å². The van der Waals surface area contributed by atoms with E-state index in [-0.39, 0.29) is 5.92 Å². The van der Waals surface area contributed by atoms with Gasteiger partial charge in [-0.05, 0) is 30.0 Å². The van der Waals surface area contributed by atoms with Crippen LogP contribution in [0.2, 0.25) is 0 Å². The summed E-state index contributed by atoms with van der Waals surface area (Å²) < 4.78 is 10.5. The first-order valence-corrected chi connectivity index (χ1v) is 7.07. The minimum absolute atomic E-state index is 0.289. The van der Waals surface area contributed by atoms with Gasteiger partial charge in [-0.1, -0.05) is 33.1 Å². The van der Waals surface area contributed by atoms with Crippen molar-refractivity contribution in [3.8, 4) is 11.5 Å². The molecule has 1 aromatic carbocycles. The lowest BCUT2D eigenvalue weighted by atomic mass is 9.89. The van der Waals surface area contributed by atoms with E-state index in [1.165, 1.54) is 0 Å². The molecule has 0 heterocycles. The van der Waals surface area contributed by atoms with Crippen molar-refractivity contribution in [2.24, 2.45) is 5.92 Å². The third-order valence-electron chi connectivity index (χ3n) is 3.61. The molecule has 0 amide bonds. The molecule has 0 aliphatic heterocycles. The summed E-state index contributed by atoms with van der Waals surface area (Å²) in [6.45, 7) is 4.30. The molecule has 0 bridgehead atoms. The standard InChI is InChI=1S/C16H26O3/c1-5-7-8-12(6-2)16(17)13-9-14(18-3)11-15(10-13)19-4/h9-12,16-17H,5-8H2,1-4H3. The summed E-state index contributed by atoms with van der Waals surface area (Å²) in [7, 11) is 3.25. The Balaban J connectivity index is 2.92. The SMILES string of the molecule is CCCCC(CC)C(O)c1cc(OC)cc(OC)c1. The third-order valence-corrected chi connectivity index (χ3v) is 3.61. The second-order valence-corrected chi connectivity index (χ2v) is 4.90. The molecule has 108 valence electrons. The van der Waals surface area contributed by atoms with Gasteiger partial charge in [0.05, 0.1) is 20.3 Å². The summed E-state index contributed by atoms with van der Waals surface area (Å²) in [6.07, 6.45) is 3.87. The van der Waals surface area contributed by atoms with Crippen molar-refractivity contribution >= 4 is 0 Å². The highest BCUT2D eigenvalue weighted by Gasteiger charge is 2.20. The second-order valence-electron chi connectivity index (χ2n) is 4.90. The maximum absolute atomic E-state index is 10.5. The Morgan fingerprint density at radius 3 is 2.05 bits per heavy atom. The topological polar surface area (TPSA) is 38.7 Å². The third kappa shape index (κ3) is 4.43. The molecule has 1 aromatic rings. The fraction of sp³-hybridized carbons (Fsp3) is 0.625. The lowest BCUT2D eigenvalue weighted by Crippen LogP contribution is -2.12. The molecule has 19 heavy (non-hydrogen) atoms. The summed E-state index contributed by atoms with van der Waals surface area (Å²) in [6, 6.07) is 5.60. The van der Waals surface area contributed by atoms with Gasteiger partial charge in [0, 0.05) is 6.07 Å². The molecule has 0 aromatic heterocycles. The van der Waals surface area contributed by atoms with Gasteiger partial charge in [-0.25, -0.2) is 0 Å². The molecule has 1 N–H and O–H groups in total. The fourth-order valence-corrected chi connectivity index (χ4v) is 2.32. The first kappa shape index (κ1) is 15.8. The van der Waals surface area contributed by atoms with Gasteiger partial charge in [0.1, 0.15) is 11.5 Å². The van der Waals surface area contributed by atoms with Crippen LogP contribution in [0.4, 0.5) is 0 Å². The van der Waals surface area contributed by atoms with Crippen molar-refractivity contribution in [1.29, 1.82) is 0 Å². The number of aliphatic hydroxyl groups excluding tert-OH is 1. The van der Waals surface area contributed by atoms with Gasteiger partial charge in [0.25, 0.3) is 0 Å². The Morgan fingerprint density at radius 1 is 1.05 bits per heavy atom. The average Bonchev–Trinajstić information content (AvgIpc) is 2.47. The fourth-order valence-electron chi connectivity index (χ4n) is 2.32. The van der Waals surface area contributed by atoms with Gasteiger partial charge in [-0.2, -0.15) is 0 Å². The van der Waals surface area contributed by atoms with Gasteiger partial charge >= 0.3 is 0 Å². The minimum Gasteiger partial charge on any atom is -0.497 e. The monoisotopic (exact) mass is 266 g/mol. The molecule has 3 heteroatoms. The molecular weight excluding hydrogens is 240 g/mol. The number of aliphatic hydroxyl groups is 1. The van der Waals surface area contributed by atoms with Crippen molar-refractivity contribution in [2.45, 2.75) is 45.6 Å². The van der Waals surface area contributed by atoms with Crippen molar-refractivity contribution in [2.75, 3.05) is 14.2 Å². The predicted molar refractivity (Wildman–Crippen MR) is 77.8 cm³/mol. The zero-order valence-electron chi connectivity index (χ0n) is 12.5. The Morgan fingerprint density at radius 2 is 1.63 bits per heavy atom. The highest BCUT2D eigenvalue weighted by Crippen LogP contribution is 2.33. The van der Waals surface area contributed by atoms with E-state index >= 15 is 0 Å². The number of hydrogen-bond acceptors (Lipinski definition) is 3. The van der Waals surface area contributed by atoms with Crippen LogP contribution in [-0.2, 0) is 0 Å². The lowest BCUT2D eigenvalue weighted by Gasteiger charge is -2.22. The number of unbranched alkanes of at least 4 members (excludes halogenated alkanes) is 1. The van der Waals surface area contributed by atoms with Gasteiger partial charge in [-0.15, -0.1) is 0 Å². The zero-order valence-corrected chi connectivity index (χ0v) is 12.5. The molecule has 0 fully saturated rings. The van der Waals surface area contributed by atoms with E-state index in [4.69, 9.17) is 9.47 Å². The summed E-state index contributed by atoms with van der Waals surface area (Å²) in [4.78, 5) is 0. The van der Waals surface area contributed by atoms with Crippen LogP contribution in [-0.4, -0.2) is 19.3 Å². The number of hydrogen-bond donors (Lipinski definition) is 1. The van der Waals surface area contributed by atoms with Crippen molar-refractivity contribution in [1.82, 2.24) is 0 Å². The summed E-state index contributed by atoms with van der Waals surface area (Å²) >= 11 is 0. The summed E-state index contributed by atoms with van der Waals surface area (Å²) in [5, 5.41) is 10.5. The zero-order chi connectivity index (χ0) is 14.3. The molecular formula is C16H26O3. The number of ether oxygens (including phenoxy) is 2. The van der Waals surface area contributed by atoms with Crippen LogP contribution in [0.1, 0.15) is 51.2 Å². The van der Waals surface area contributed by atoms with Crippen LogP contribution in [0, 0.1) is 5.92 Å². The molecule has 1 rings (SSSR count). The molecule has 0 saturated carbocycles. The van der Waals surface area contributed by atoms with Crippen LogP contribution in [0.25, 0.3) is 0 Å². The van der Waals surface area contributed by atoms with E-state index in [0.29, 0.717) is 0 Å². The summed E-state index contributed by atoms with van der Waals surface area (Å²) in [5.74, 6) is 1.73. The van der Waals surface area contributed by atoms with E-state index in [2.05, 4.69) is 13.8 Å². The maximum atomic E-state index is 10.5. The van der Waals surface area contributed by atoms with Crippen LogP contribution < -0.4 is 9.47 Å². The first-order chi connectivity index (χ1) is 9.15.